The molecule has 1 N–H and O–H groups in total. The molecular formula is C19H26N2O4. The minimum Gasteiger partial charge on any atom is -0.466 e. The number of nitrogens with one attached hydrogen (secondary N) is 1. The Morgan fingerprint density at radius 3 is 2.52 bits per heavy atom. The zero-order valence-electron chi connectivity index (χ0n) is 15.2. The van der Waals surface area contributed by atoms with Gasteiger partial charge in [0.05, 0.1) is 13.2 Å². The highest BCUT2D eigenvalue weighted by molar-refractivity contribution is 5.89. The molecule has 1 aliphatic heterocycles. The van der Waals surface area contributed by atoms with Crippen LogP contribution in [0.25, 0.3) is 0 Å². The van der Waals surface area contributed by atoms with Gasteiger partial charge in [-0.3, -0.25) is 4.90 Å². The van der Waals surface area contributed by atoms with E-state index in [0.29, 0.717) is 25.2 Å². The van der Waals surface area contributed by atoms with Crippen LogP contribution in [0.15, 0.2) is 42.0 Å². The molecule has 0 saturated carbocycles. The molecule has 0 aromatic heterocycles. The Kier molecular flexibility index (Phi) is 6.20. The molecule has 0 aliphatic carbocycles. The Morgan fingerprint density at radius 1 is 1.24 bits per heavy atom. The maximum atomic E-state index is 12.0. The lowest BCUT2D eigenvalue weighted by molar-refractivity contribution is -0.136. The van der Waals surface area contributed by atoms with Gasteiger partial charge in [0.1, 0.15) is 5.60 Å². The molecule has 0 bridgehead atoms. The van der Waals surface area contributed by atoms with Gasteiger partial charge in [0.2, 0.25) is 0 Å². The van der Waals surface area contributed by atoms with Crippen LogP contribution in [-0.4, -0.2) is 48.8 Å². The second-order valence-corrected chi connectivity index (χ2v) is 7.09. The summed E-state index contributed by atoms with van der Waals surface area (Å²) in [6.45, 7) is 7.19. The van der Waals surface area contributed by atoms with Crippen LogP contribution in [0.4, 0.5) is 4.79 Å². The van der Waals surface area contributed by atoms with Crippen LogP contribution >= 0.6 is 0 Å². The number of nitrogens with zero attached hydrogens (tertiary/aromatic N) is 1. The first-order valence-electron chi connectivity index (χ1n) is 8.31. The molecule has 136 valence electrons. The van der Waals surface area contributed by atoms with E-state index in [2.05, 4.69) is 10.2 Å². The van der Waals surface area contributed by atoms with Crippen LogP contribution in [0.3, 0.4) is 0 Å². The molecule has 1 atom stereocenters. The summed E-state index contributed by atoms with van der Waals surface area (Å²) in [5.74, 6) is -0.381. The molecule has 0 fully saturated rings. The quantitative estimate of drug-likeness (QED) is 0.849. The molecule has 0 unspecified atom stereocenters. The number of amides is 1. The van der Waals surface area contributed by atoms with Gasteiger partial charge in [0, 0.05) is 25.2 Å². The molecule has 0 radical (unpaired) electrons. The van der Waals surface area contributed by atoms with Crippen LogP contribution in [0, 0.1) is 0 Å². The molecule has 0 saturated heterocycles. The molecule has 0 spiro atoms. The number of carbonyl (C=O) groups excluding carboxylic acids is 2. The van der Waals surface area contributed by atoms with E-state index in [0.717, 1.165) is 5.56 Å². The molecule has 1 aromatic rings. The Hall–Kier alpha value is -2.34. The van der Waals surface area contributed by atoms with E-state index in [9.17, 15) is 9.59 Å². The van der Waals surface area contributed by atoms with Gasteiger partial charge < -0.3 is 14.8 Å². The molecule has 6 nitrogen and oxygen atoms in total. The van der Waals surface area contributed by atoms with Gasteiger partial charge in [-0.1, -0.05) is 30.3 Å². The van der Waals surface area contributed by atoms with E-state index in [1.807, 2.05) is 51.1 Å². The average molecular weight is 346 g/mol. The van der Waals surface area contributed by atoms with Crippen LogP contribution in [0.5, 0.6) is 0 Å². The fourth-order valence-electron chi connectivity index (χ4n) is 2.70. The first kappa shape index (κ1) is 19.0. The standard InChI is InChI=1S/C19H26N2O4/c1-19(2,3)25-18(23)20-16-10-15(17(22)24-4)12-21(13-16)11-14-8-6-5-7-9-14/h5-10,16H,11-13H2,1-4H3,(H,20,23)/t16-/m1/s1. The number of methoxy groups -OCH3 is 1. The third-order valence-electron chi connectivity index (χ3n) is 3.65. The van der Waals surface area contributed by atoms with Gasteiger partial charge in [0.25, 0.3) is 0 Å². The summed E-state index contributed by atoms with van der Waals surface area (Å²) in [6, 6.07) is 9.67. The Balaban J connectivity index is 2.08. The predicted octanol–water partition coefficient (Wildman–Crippen LogP) is 2.49. The minimum absolute atomic E-state index is 0.318. The molecule has 1 aromatic carbocycles. The van der Waals surface area contributed by atoms with Crippen molar-refractivity contribution < 1.29 is 19.1 Å². The molecule has 2 rings (SSSR count). The van der Waals surface area contributed by atoms with E-state index in [-0.39, 0.29) is 12.0 Å². The number of benzene rings is 1. The molecule has 1 aliphatic rings. The zero-order valence-corrected chi connectivity index (χ0v) is 15.2. The summed E-state index contributed by atoms with van der Waals surface area (Å²) >= 11 is 0. The lowest BCUT2D eigenvalue weighted by Gasteiger charge is -2.32. The highest BCUT2D eigenvalue weighted by Gasteiger charge is 2.27. The van der Waals surface area contributed by atoms with E-state index in [1.165, 1.54) is 7.11 Å². The van der Waals surface area contributed by atoms with Crippen LogP contribution in [0.2, 0.25) is 0 Å². The molecule has 1 amide bonds. The van der Waals surface area contributed by atoms with Crippen molar-refractivity contribution in [3.8, 4) is 0 Å². The Morgan fingerprint density at radius 2 is 1.92 bits per heavy atom. The fourth-order valence-corrected chi connectivity index (χ4v) is 2.70. The van der Waals surface area contributed by atoms with Gasteiger partial charge in [-0.25, -0.2) is 9.59 Å². The van der Waals surface area contributed by atoms with Crippen molar-refractivity contribution in [2.45, 2.75) is 39.0 Å². The fraction of sp³-hybridized carbons (Fsp3) is 0.474. The number of esters is 1. The third-order valence-corrected chi connectivity index (χ3v) is 3.65. The maximum Gasteiger partial charge on any atom is 0.408 e. The molecule has 1 heterocycles. The maximum absolute atomic E-state index is 12.0. The summed E-state index contributed by atoms with van der Waals surface area (Å²) in [5.41, 5.74) is 1.10. The molecular weight excluding hydrogens is 320 g/mol. The smallest absolute Gasteiger partial charge is 0.408 e. The molecule has 6 heteroatoms. The number of rotatable bonds is 4. The number of ether oxygens (including phenoxy) is 2. The third kappa shape index (κ3) is 6.23. The van der Waals surface area contributed by atoms with E-state index in [1.54, 1.807) is 6.08 Å². The van der Waals surface area contributed by atoms with Crippen LogP contribution < -0.4 is 5.32 Å². The van der Waals surface area contributed by atoms with Crippen molar-refractivity contribution in [2.24, 2.45) is 0 Å². The SMILES string of the molecule is COC(=O)C1=C[C@@H](NC(=O)OC(C)(C)C)CN(Cc2ccccc2)C1. The predicted molar refractivity (Wildman–Crippen MR) is 95.0 cm³/mol. The Labute approximate surface area is 148 Å². The number of carbonyl (C=O) groups is 2. The van der Waals surface area contributed by atoms with Crippen molar-refractivity contribution in [1.29, 1.82) is 0 Å². The largest absolute Gasteiger partial charge is 0.466 e. The summed E-state index contributed by atoms with van der Waals surface area (Å²) in [4.78, 5) is 26.1. The second-order valence-electron chi connectivity index (χ2n) is 7.09. The minimum atomic E-state index is -0.572. The normalized spacial score (nSPS) is 18.2. The first-order chi connectivity index (χ1) is 11.8. The topological polar surface area (TPSA) is 67.9 Å². The van der Waals surface area contributed by atoms with Gasteiger partial charge in [-0.2, -0.15) is 0 Å². The van der Waals surface area contributed by atoms with Crippen molar-refractivity contribution in [3.63, 3.8) is 0 Å². The lowest BCUT2D eigenvalue weighted by atomic mass is 10.0. The van der Waals surface area contributed by atoms with Crippen molar-refractivity contribution in [3.05, 3.63) is 47.5 Å². The van der Waals surface area contributed by atoms with E-state index in [4.69, 9.17) is 9.47 Å². The summed E-state index contributed by atoms with van der Waals surface area (Å²) in [5, 5.41) is 2.81. The molecule has 25 heavy (non-hydrogen) atoms. The van der Waals surface area contributed by atoms with Gasteiger partial charge in [-0.05, 0) is 32.4 Å². The number of alkyl carbamates (subject to hydrolysis) is 1. The van der Waals surface area contributed by atoms with Gasteiger partial charge >= 0.3 is 12.1 Å². The zero-order chi connectivity index (χ0) is 18.4. The summed E-state index contributed by atoms with van der Waals surface area (Å²) in [6.07, 6.45) is 1.25. The highest BCUT2D eigenvalue weighted by atomic mass is 16.6. The van der Waals surface area contributed by atoms with Crippen molar-refractivity contribution >= 4 is 12.1 Å². The van der Waals surface area contributed by atoms with E-state index < -0.39 is 11.7 Å². The van der Waals surface area contributed by atoms with Crippen molar-refractivity contribution in [1.82, 2.24) is 10.2 Å². The summed E-state index contributed by atoms with van der Waals surface area (Å²) in [7, 11) is 1.36. The van der Waals surface area contributed by atoms with Crippen LogP contribution in [0.1, 0.15) is 26.3 Å². The van der Waals surface area contributed by atoms with Crippen LogP contribution in [-0.2, 0) is 20.8 Å². The van der Waals surface area contributed by atoms with E-state index >= 15 is 0 Å². The van der Waals surface area contributed by atoms with Crippen molar-refractivity contribution in [2.75, 3.05) is 20.2 Å². The summed E-state index contributed by atoms with van der Waals surface area (Å²) < 4.78 is 10.1. The number of hydrogen-bond donors (Lipinski definition) is 1. The number of hydrogen-bond acceptors (Lipinski definition) is 5. The van der Waals surface area contributed by atoms with Gasteiger partial charge in [-0.15, -0.1) is 0 Å². The first-order valence-corrected chi connectivity index (χ1v) is 8.31. The lowest BCUT2D eigenvalue weighted by Crippen LogP contribution is -2.48. The monoisotopic (exact) mass is 346 g/mol. The average Bonchev–Trinajstić information content (AvgIpc) is 2.53. The highest BCUT2D eigenvalue weighted by Crippen LogP contribution is 2.16. The second kappa shape index (κ2) is 8.16. The van der Waals surface area contributed by atoms with Gasteiger partial charge in [0.15, 0.2) is 0 Å². The Bertz CT molecular complexity index is 635.